The van der Waals surface area contributed by atoms with Crippen molar-refractivity contribution in [1.29, 1.82) is 0 Å². The van der Waals surface area contributed by atoms with Crippen LogP contribution in [0.1, 0.15) is 26.1 Å². The van der Waals surface area contributed by atoms with Crippen LogP contribution in [0.2, 0.25) is 0 Å². The summed E-state index contributed by atoms with van der Waals surface area (Å²) in [6.07, 6.45) is 2.31. The third kappa shape index (κ3) is 5.95. The highest BCUT2D eigenvalue weighted by Crippen LogP contribution is 2.02. The Balaban J connectivity index is 0.00000288. The predicted molar refractivity (Wildman–Crippen MR) is 104 cm³/mol. The summed E-state index contributed by atoms with van der Waals surface area (Å²) < 4.78 is 1.91. The first-order chi connectivity index (χ1) is 11.1. The van der Waals surface area contributed by atoms with E-state index in [1.165, 1.54) is 0 Å². The molecule has 0 aliphatic carbocycles. The number of fused-ring (bicyclic) bond motifs is 1. The highest BCUT2D eigenvalue weighted by Gasteiger charge is 2.07. The summed E-state index contributed by atoms with van der Waals surface area (Å²) in [6, 6.07) is 5.90. The fourth-order valence-corrected chi connectivity index (χ4v) is 2.08. The van der Waals surface area contributed by atoms with Crippen molar-refractivity contribution in [2.45, 2.75) is 32.9 Å². The van der Waals surface area contributed by atoms with Gasteiger partial charge >= 0.3 is 0 Å². The van der Waals surface area contributed by atoms with Gasteiger partial charge in [0.2, 0.25) is 5.91 Å². The Morgan fingerprint density at radius 3 is 2.79 bits per heavy atom. The van der Waals surface area contributed by atoms with Gasteiger partial charge in [0.25, 0.3) is 0 Å². The Bertz CT molecular complexity index is 683. The van der Waals surface area contributed by atoms with Crippen molar-refractivity contribution in [3.8, 4) is 0 Å². The lowest BCUT2D eigenvalue weighted by molar-refractivity contribution is -0.121. The second-order valence-corrected chi connectivity index (χ2v) is 5.37. The monoisotopic (exact) mass is 445 g/mol. The van der Waals surface area contributed by atoms with E-state index >= 15 is 0 Å². The van der Waals surface area contributed by atoms with Gasteiger partial charge in [0.1, 0.15) is 0 Å². The van der Waals surface area contributed by atoms with Crippen molar-refractivity contribution in [1.82, 2.24) is 30.5 Å². The van der Waals surface area contributed by atoms with Crippen molar-refractivity contribution in [2.75, 3.05) is 13.6 Å². The molecule has 0 saturated heterocycles. The maximum absolute atomic E-state index is 11.6. The van der Waals surface area contributed by atoms with Crippen LogP contribution in [0.5, 0.6) is 0 Å². The van der Waals surface area contributed by atoms with Gasteiger partial charge in [-0.1, -0.05) is 6.07 Å². The topological polar surface area (TPSA) is 95.7 Å². The second-order valence-electron chi connectivity index (χ2n) is 5.37. The molecule has 0 aliphatic heterocycles. The number of amides is 1. The van der Waals surface area contributed by atoms with Crippen molar-refractivity contribution < 1.29 is 4.79 Å². The molecule has 0 bridgehead atoms. The number of carbonyl (C=O) groups excluding carboxylic acids is 1. The largest absolute Gasteiger partial charge is 0.356 e. The molecule has 2 aromatic rings. The number of guanidine groups is 1. The van der Waals surface area contributed by atoms with Crippen molar-refractivity contribution >= 4 is 41.5 Å². The molecule has 0 atom stereocenters. The zero-order chi connectivity index (χ0) is 16.7. The summed E-state index contributed by atoms with van der Waals surface area (Å²) in [5, 5.41) is 17.4. The summed E-state index contributed by atoms with van der Waals surface area (Å²) in [4.78, 5) is 15.7. The van der Waals surface area contributed by atoms with Crippen LogP contribution < -0.4 is 16.0 Å². The van der Waals surface area contributed by atoms with E-state index in [1.54, 1.807) is 7.05 Å². The zero-order valence-electron chi connectivity index (χ0n) is 14.1. The van der Waals surface area contributed by atoms with Gasteiger partial charge in [-0.15, -0.1) is 34.2 Å². The zero-order valence-corrected chi connectivity index (χ0v) is 16.4. The molecule has 0 fully saturated rings. The highest BCUT2D eigenvalue weighted by molar-refractivity contribution is 14.0. The van der Waals surface area contributed by atoms with Crippen LogP contribution in [-0.4, -0.2) is 46.1 Å². The molecule has 1 amide bonds. The number of aliphatic imine (C=N–C) groups is 1. The molecule has 0 spiro atoms. The van der Waals surface area contributed by atoms with E-state index in [9.17, 15) is 4.79 Å². The molecule has 0 saturated carbocycles. The Hall–Kier alpha value is -1.91. The summed E-state index contributed by atoms with van der Waals surface area (Å²) in [6.45, 7) is 4.88. The molecule has 2 heterocycles. The van der Waals surface area contributed by atoms with Gasteiger partial charge in [-0.3, -0.25) is 14.2 Å². The van der Waals surface area contributed by atoms with Gasteiger partial charge in [0, 0.05) is 32.3 Å². The first-order valence-electron chi connectivity index (χ1n) is 7.62. The SMILES string of the molecule is CN=C(NCCC(=O)NC(C)C)NCc1nnc2ccccn12.I. The van der Waals surface area contributed by atoms with Crippen LogP contribution in [0.4, 0.5) is 0 Å². The molecule has 0 aliphatic rings. The molecule has 9 heteroatoms. The smallest absolute Gasteiger partial charge is 0.221 e. The highest BCUT2D eigenvalue weighted by atomic mass is 127. The molecule has 2 aromatic heterocycles. The summed E-state index contributed by atoms with van der Waals surface area (Å²) in [5.74, 6) is 1.43. The number of nitrogens with zero attached hydrogens (tertiary/aromatic N) is 4. The minimum Gasteiger partial charge on any atom is -0.356 e. The van der Waals surface area contributed by atoms with E-state index in [-0.39, 0.29) is 35.9 Å². The van der Waals surface area contributed by atoms with Crippen molar-refractivity contribution in [3.63, 3.8) is 0 Å². The van der Waals surface area contributed by atoms with E-state index in [2.05, 4.69) is 31.1 Å². The number of hydrogen-bond acceptors (Lipinski definition) is 4. The van der Waals surface area contributed by atoms with Crippen LogP contribution in [0.3, 0.4) is 0 Å². The van der Waals surface area contributed by atoms with Gasteiger partial charge in [-0.2, -0.15) is 0 Å². The maximum Gasteiger partial charge on any atom is 0.221 e. The van der Waals surface area contributed by atoms with Crippen LogP contribution in [0.25, 0.3) is 5.65 Å². The minimum atomic E-state index is 0. The van der Waals surface area contributed by atoms with E-state index in [4.69, 9.17) is 0 Å². The number of aromatic nitrogens is 3. The number of carbonyl (C=O) groups is 1. The Morgan fingerprint density at radius 2 is 2.08 bits per heavy atom. The number of hydrogen-bond donors (Lipinski definition) is 3. The average Bonchev–Trinajstić information content (AvgIpc) is 2.93. The standard InChI is InChI=1S/C15H23N7O.HI/c1-11(2)19-14(23)7-8-17-15(16-3)18-10-13-21-20-12-6-4-5-9-22(12)13;/h4-6,9,11H,7-8,10H2,1-3H3,(H,19,23)(H2,16,17,18);1H. The molecule has 0 unspecified atom stereocenters. The minimum absolute atomic E-state index is 0. The average molecular weight is 445 g/mol. The van der Waals surface area contributed by atoms with Gasteiger partial charge in [-0.25, -0.2) is 0 Å². The normalized spacial score (nSPS) is 11.2. The third-order valence-electron chi connectivity index (χ3n) is 3.12. The van der Waals surface area contributed by atoms with Gasteiger partial charge in [-0.05, 0) is 26.0 Å². The molecular formula is C15H24IN7O. The molecule has 24 heavy (non-hydrogen) atoms. The first kappa shape index (κ1) is 20.1. The second kappa shape index (κ2) is 10.1. The molecule has 3 N–H and O–H groups in total. The Labute approximate surface area is 158 Å². The Morgan fingerprint density at radius 1 is 1.29 bits per heavy atom. The van der Waals surface area contributed by atoms with Crippen LogP contribution in [0.15, 0.2) is 29.4 Å². The van der Waals surface area contributed by atoms with Crippen LogP contribution in [0, 0.1) is 0 Å². The molecule has 2 rings (SSSR count). The number of halogens is 1. The molecule has 0 radical (unpaired) electrons. The number of rotatable bonds is 6. The summed E-state index contributed by atoms with van der Waals surface area (Å²) >= 11 is 0. The van der Waals surface area contributed by atoms with E-state index in [0.29, 0.717) is 25.5 Å². The van der Waals surface area contributed by atoms with Crippen molar-refractivity contribution in [3.05, 3.63) is 30.2 Å². The predicted octanol–water partition coefficient (Wildman–Crippen LogP) is 0.927. The fraction of sp³-hybridized carbons (Fsp3) is 0.467. The fourth-order valence-electron chi connectivity index (χ4n) is 2.08. The first-order valence-corrected chi connectivity index (χ1v) is 7.62. The quantitative estimate of drug-likeness (QED) is 0.349. The molecule has 8 nitrogen and oxygen atoms in total. The van der Waals surface area contributed by atoms with E-state index < -0.39 is 0 Å². The number of pyridine rings is 1. The van der Waals surface area contributed by atoms with Crippen LogP contribution >= 0.6 is 24.0 Å². The molecule has 132 valence electrons. The lowest BCUT2D eigenvalue weighted by Crippen LogP contribution is -2.40. The lowest BCUT2D eigenvalue weighted by Gasteiger charge is -2.12. The maximum atomic E-state index is 11.6. The summed E-state index contributed by atoms with van der Waals surface area (Å²) in [5.41, 5.74) is 0.803. The Kier molecular flexibility index (Phi) is 8.44. The third-order valence-corrected chi connectivity index (χ3v) is 3.12. The van der Waals surface area contributed by atoms with Crippen molar-refractivity contribution in [2.24, 2.45) is 4.99 Å². The summed E-state index contributed by atoms with van der Waals surface area (Å²) in [7, 11) is 1.69. The van der Waals surface area contributed by atoms with E-state index in [0.717, 1.165) is 11.5 Å². The molecular weight excluding hydrogens is 421 g/mol. The van der Waals surface area contributed by atoms with Gasteiger partial charge in [0.05, 0.1) is 6.54 Å². The van der Waals surface area contributed by atoms with Gasteiger partial charge < -0.3 is 16.0 Å². The number of nitrogens with one attached hydrogen (secondary N) is 3. The molecule has 0 aromatic carbocycles. The van der Waals surface area contributed by atoms with Crippen LogP contribution in [-0.2, 0) is 11.3 Å². The van der Waals surface area contributed by atoms with Gasteiger partial charge in [0.15, 0.2) is 17.4 Å². The van der Waals surface area contributed by atoms with E-state index in [1.807, 2.05) is 42.6 Å². The lowest BCUT2D eigenvalue weighted by atomic mass is 10.3.